The van der Waals surface area contributed by atoms with Crippen molar-refractivity contribution in [3.8, 4) is 0 Å². The lowest BCUT2D eigenvalue weighted by atomic mass is 9.97. The van der Waals surface area contributed by atoms with Gasteiger partial charge in [0.15, 0.2) is 0 Å². The van der Waals surface area contributed by atoms with Crippen molar-refractivity contribution >= 4 is 5.91 Å². The third-order valence-electron chi connectivity index (χ3n) is 4.95. The van der Waals surface area contributed by atoms with Gasteiger partial charge in [0.25, 0.3) is 0 Å². The molecule has 2 aliphatic rings. The molecule has 5 heteroatoms. The van der Waals surface area contributed by atoms with Crippen LogP contribution in [0.15, 0.2) is 11.6 Å². The molecule has 0 saturated carbocycles. The van der Waals surface area contributed by atoms with Gasteiger partial charge in [0, 0.05) is 45.9 Å². The smallest absolute Gasteiger partial charge is 0.234 e. The Kier molecular flexibility index (Phi) is 8.06. The maximum atomic E-state index is 12.1. The Balaban J connectivity index is 1.61. The Morgan fingerprint density at radius 3 is 2.96 bits per heavy atom. The molecule has 1 aliphatic heterocycles. The lowest BCUT2D eigenvalue weighted by Crippen LogP contribution is -2.54. The van der Waals surface area contributed by atoms with Crippen molar-refractivity contribution < 1.29 is 9.53 Å². The molecule has 0 aromatic rings. The van der Waals surface area contributed by atoms with Gasteiger partial charge in [0.1, 0.15) is 0 Å². The molecule has 0 spiro atoms. The van der Waals surface area contributed by atoms with Crippen LogP contribution in [-0.2, 0) is 9.53 Å². The lowest BCUT2D eigenvalue weighted by molar-refractivity contribution is -0.122. The van der Waals surface area contributed by atoms with Gasteiger partial charge >= 0.3 is 0 Å². The van der Waals surface area contributed by atoms with Crippen LogP contribution in [0.25, 0.3) is 0 Å². The molecule has 1 N–H and O–H groups in total. The minimum Gasteiger partial charge on any atom is -0.383 e. The molecule has 5 nitrogen and oxygen atoms in total. The molecule has 0 aromatic heterocycles. The number of ether oxygens (including phenoxy) is 1. The van der Waals surface area contributed by atoms with Crippen LogP contribution in [0.5, 0.6) is 0 Å². The largest absolute Gasteiger partial charge is 0.383 e. The average Bonchev–Trinajstić information content (AvgIpc) is 2.55. The Bertz CT molecular complexity index is 398. The van der Waals surface area contributed by atoms with Gasteiger partial charge in [0.05, 0.1) is 13.2 Å². The molecule has 1 heterocycles. The van der Waals surface area contributed by atoms with Crippen molar-refractivity contribution in [3.63, 3.8) is 0 Å². The molecule has 1 unspecified atom stereocenters. The van der Waals surface area contributed by atoms with E-state index in [1.165, 1.54) is 31.3 Å². The summed E-state index contributed by atoms with van der Waals surface area (Å²) in [7, 11) is 1.74. The number of piperazine rings is 1. The molecule has 1 aliphatic carbocycles. The van der Waals surface area contributed by atoms with Crippen LogP contribution in [0, 0.1) is 0 Å². The van der Waals surface area contributed by atoms with Crippen LogP contribution in [-0.4, -0.2) is 74.7 Å². The third kappa shape index (κ3) is 6.61. The highest BCUT2D eigenvalue weighted by Gasteiger charge is 2.24. The predicted octanol–water partition coefficient (Wildman–Crippen LogP) is 1.65. The summed E-state index contributed by atoms with van der Waals surface area (Å²) >= 11 is 0. The second kappa shape index (κ2) is 10.1. The summed E-state index contributed by atoms with van der Waals surface area (Å²) in [5, 5.41) is 3.08. The van der Waals surface area contributed by atoms with Gasteiger partial charge < -0.3 is 10.1 Å². The molecule has 1 atom stereocenters. The molecule has 0 radical (unpaired) electrons. The number of carbonyl (C=O) groups is 1. The van der Waals surface area contributed by atoms with E-state index >= 15 is 0 Å². The van der Waals surface area contributed by atoms with Gasteiger partial charge in [0.2, 0.25) is 5.91 Å². The molecule has 1 amide bonds. The second-order valence-electron chi connectivity index (χ2n) is 6.82. The predicted molar refractivity (Wildman–Crippen MR) is 93.5 cm³/mol. The summed E-state index contributed by atoms with van der Waals surface area (Å²) in [4.78, 5) is 16.8. The molecule has 132 valence electrons. The summed E-state index contributed by atoms with van der Waals surface area (Å²) in [5.74, 6) is 0.166. The number of hydrogen-bond acceptors (Lipinski definition) is 4. The fraction of sp³-hybridized carbons (Fsp3) is 0.833. The zero-order valence-corrected chi connectivity index (χ0v) is 14.9. The zero-order valence-electron chi connectivity index (χ0n) is 14.9. The Morgan fingerprint density at radius 1 is 1.39 bits per heavy atom. The van der Waals surface area contributed by atoms with Crippen LogP contribution < -0.4 is 5.32 Å². The Labute approximate surface area is 141 Å². The van der Waals surface area contributed by atoms with Crippen LogP contribution in [0.1, 0.15) is 39.0 Å². The van der Waals surface area contributed by atoms with E-state index < -0.39 is 0 Å². The van der Waals surface area contributed by atoms with Gasteiger partial charge in [-0.1, -0.05) is 11.6 Å². The van der Waals surface area contributed by atoms with E-state index in [1.807, 2.05) is 0 Å². The zero-order chi connectivity index (χ0) is 16.5. The second-order valence-corrected chi connectivity index (χ2v) is 6.82. The number of allylic oxidation sites excluding steroid dienone is 1. The van der Waals surface area contributed by atoms with Crippen LogP contribution in [0.4, 0.5) is 0 Å². The topological polar surface area (TPSA) is 44.8 Å². The van der Waals surface area contributed by atoms with E-state index in [0.29, 0.717) is 12.6 Å². The van der Waals surface area contributed by atoms with E-state index in [9.17, 15) is 4.79 Å². The first-order valence-corrected chi connectivity index (χ1v) is 9.09. The third-order valence-corrected chi connectivity index (χ3v) is 4.95. The SMILES string of the molecule is COCCN1CCN(CC(=O)NCCC2=CCCCC2)CC1C. The van der Waals surface area contributed by atoms with Crippen LogP contribution >= 0.6 is 0 Å². The molecular formula is C18H33N3O2. The quantitative estimate of drug-likeness (QED) is 0.690. The minimum atomic E-state index is 0.166. The maximum Gasteiger partial charge on any atom is 0.234 e. The lowest BCUT2D eigenvalue weighted by Gasteiger charge is -2.39. The summed E-state index contributed by atoms with van der Waals surface area (Å²) in [6.07, 6.45) is 8.45. The fourth-order valence-corrected chi connectivity index (χ4v) is 3.51. The van der Waals surface area contributed by atoms with E-state index in [2.05, 4.69) is 28.1 Å². The summed E-state index contributed by atoms with van der Waals surface area (Å²) in [5.41, 5.74) is 1.52. The first-order chi connectivity index (χ1) is 11.2. The Morgan fingerprint density at radius 2 is 2.26 bits per heavy atom. The summed E-state index contributed by atoms with van der Waals surface area (Å²) in [6, 6.07) is 0.485. The van der Waals surface area contributed by atoms with Crippen molar-refractivity contribution in [1.82, 2.24) is 15.1 Å². The highest BCUT2D eigenvalue weighted by atomic mass is 16.5. The van der Waals surface area contributed by atoms with Crippen molar-refractivity contribution in [2.45, 2.75) is 45.1 Å². The molecule has 23 heavy (non-hydrogen) atoms. The highest BCUT2D eigenvalue weighted by Crippen LogP contribution is 2.19. The number of hydrogen-bond donors (Lipinski definition) is 1. The van der Waals surface area contributed by atoms with Crippen LogP contribution in [0.2, 0.25) is 0 Å². The Hall–Kier alpha value is -0.910. The first-order valence-electron chi connectivity index (χ1n) is 9.09. The van der Waals surface area contributed by atoms with Gasteiger partial charge in [-0.3, -0.25) is 14.6 Å². The fourth-order valence-electron chi connectivity index (χ4n) is 3.51. The summed E-state index contributed by atoms with van der Waals surface area (Å²) < 4.78 is 5.15. The van der Waals surface area contributed by atoms with Crippen LogP contribution in [0.3, 0.4) is 0 Å². The standard InChI is InChI=1S/C18H33N3O2/c1-16-14-20(10-11-21(16)12-13-23-2)15-18(22)19-9-8-17-6-4-3-5-7-17/h6,16H,3-5,7-15H2,1-2H3,(H,19,22). The molecule has 0 bridgehead atoms. The van der Waals surface area contributed by atoms with E-state index in [4.69, 9.17) is 4.74 Å². The van der Waals surface area contributed by atoms with E-state index in [-0.39, 0.29) is 5.91 Å². The van der Waals surface area contributed by atoms with E-state index in [0.717, 1.165) is 45.8 Å². The summed E-state index contributed by atoms with van der Waals surface area (Å²) in [6.45, 7) is 8.25. The average molecular weight is 323 g/mol. The number of amides is 1. The van der Waals surface area contributed by atoms with Crippen molar-refractivity contribution in [3.05, 3.63) is 11.6 Å². The molecular weight excluding hydrogens is 290 g/mol. The van der Waals surface area contributed by atoms with Gasteiger partial charge in [-0.05, 0) is 39.0 Å². The normalized spacial score (nSPS) is 23.6. The molecule has 2 rings (SSSR count). The number of nitrogens with zero attached hydrogens (tertiary/aromatic N) is 2. The monoisotopic (exact) mass is 323 g/mol. The minimum absolute atomic E-state index is 0.166. The highest BCUT2D eigenvalue weighted by molar-refractivity contribution is 5.78. The molecule has 1 saturated heterocycles. The van der Waals surface area contributed by atoms with Crippen molar-refractivity contribution in [2.75, 3.05) is 53.0 Å². The molecule has 1 fully saturated rings. The molecule has 0 aromatic carbocycles. The van der Waals surface area contributed by atoms with Gasteiger partial charge in [-0.15, -0.1) is 0 Å². The van der Waals surface area contributed by atoms with Crippen molar-refractivity contribution in [2.24, 2.45) is 0 Å². The number of carbonyl (C=O) groups excluding carboxylic acids is 1. The maximum absolute atomic E-state index is 12.1. The first kappa shape index (κ1) is 18.4. The number of nitrogens with one attached hydrogen (secondary N) is 1. The van der Waals surface area contributed by atoms with Crippen molar-refractivity contribution in [1.29, 1.82) is 0 Å². The van der Waals surface area contributed by atoms with Gasteiger partial charge in [-0.2, -0.15) is 0 Å². The van der Waals surface area contributed by atoms with E-state index in [1.54, 1.807) is 7.11 Å². The number of methoxy groups -OCH3 is 1. The number of rotatable bonds is 8. The van der Waals surface area contributed by atoms with Gasteiger partial charge in [-0.25, -0.2) is 0 Å².